The first-order valence-electron chi connectivity index (χ1n) is 5.28. The number of aliphatic hydroxyl groups is 1. The summed E-state index contributed by atoms with van der Waals surface area (Å²) < 4.78 is 0. The summed E-state index contributed by atoms with van der Waals surface area (Å²) in [6.07, 6.45) is 3.27. The van der Waals surface area contributed by atoms with Crippen LogP contribution in [0, 0.1) is 0 Å². The van der Waals surface area contributed by atoms with Crippen LogP contribution in [-0.4, -0.2) is 22.6 Å². The van der Waals surface area contributed by atoms with Gasteiger partial charge in [0.15, 0.2) is 23.9 Å². The molecule has 0 unspecified atom stereocenters. The molecule has 21 heavy (non-hydrogen) atoms. The van der Waals surface area contributed by atoms with E-state index >= 15 is 0 Å². The summed E-state index contributed by atoms with van der Waals surface area (Å²) in [5, 5.41) is 17.9. The largest absolute Gasteiger partial charge is 0.869 e. The predicted octanol–water partition coefficient (Wildman–Crippen LogP) is -0.443. The standard InChI is InChI=1S/C6H2Cl2O4.C6H6N2O/c7-1-3(9)5(11)2(8)6(12)4(1)10;7-6(9)5-2-1-3-8-4-5/h9,12H;1-4H,(H2,7,9). The van der Waals surface area contributed by atoms with E-state index in [1.165, 1.54) is 0 Å². The molecule has 1 aromatic rings. The van der Waals surface area contributed by atoms with Crippen molar-refractivity contribution in [3.8, 4) is 0 Å². The van der Waals surface area contributed by atoms with Gasteiger partial charge in [-0.1, -0.05) is 23.2 Å². The van der Waals surface area contributed by atoms with Gasteiger partial charge >= 0.3 is 0 Å². The molecular formula is C12H8Cl2N2O5. The lowest BCUT2D eigenvalue weighted by molar-refractivity contribution is -0.378. The minimum Gasteiger partial charge on any atom is -0.869 e. The molecule has 7 nitrogen and oxygen atoms in total. The minimum atomic E-state index is -1.19. The third kappa shape index (κ3) is 3.80. The zero-order valence-electron chi connectivity index (χ0n) is 10.2. The van der Waals surface area contributed by atoms with Crippen LogP contribution in [0.4, 0.5) is 0 Å². The Labute approximate surface area is 128 Å². The highest BCUT2D eigenvalue weighted by Gasteiger charge is 2.28. The Hall–Kier alpha value is -2.38. The molecule has 0 fully saturated rings. The third-order valence-corrected chi connectivity index (χ3v) is 2.91. The number of nitrogens with two attached hydrogens (primary N) is 1. The fourth-order valence-corrected chi connectivity index (χ4v) is 1.51. The fourth-order valence-electron chi connectivity index (χ4n) is 1.16. The van der Waals surface area contributed by atoms with Gasteiger partial charge in [-0.05, 0) is 11.8 Å². The summed E-state index contributed by atoms with van der Waals surface area (Å²) in [6.45, 7) is 0. The number of pyridine rings is 1. The van der Waals surface area contributed by atoms with E-state index < -0.39 is 39.1 Å². The highest BCUT2D eigenvalue weighted by atomic mass is 35.5. The number of Topliss-reactive ketones (excluding diaryl/α,β-unsaturated/α-hetero) is 2. The number of carbonyl (C=O) groups is 3. The minimum absolute atomic E-state index is 0.410. The summed E-state index contributed by atoms with van der Waals surface area (Å²) in [5.74, 6) is -4.87. The fraction of sp³-hybridized carbons (Fsp3) is 0. The third-order valence-electron chi connectivity index (χ3n) is 2.22. The molecule has 0 bridgehead atoms. The predicted molar refractivity (Wildman–Crippen MR) is 69.9 cm³/mol. The van der Waals surface area contributed by atoms with Gasteiger partial charge in [-0.2, -0.15) is 0 Å². The SMILES string of the molecule is NC(=O)c1ccc[nH+]c1.O=C1C(O)=C(Cl)C(=O)C([O-])=C1Cl. The average Bonchev–Trinajstić information content (AvgIpc) is 2.50. The monoisotopic (exact) mass is 330 g/mol. The topological polar surface area (TPSA) is 135 Å². The molecular weight excluding hydrogens is 323 g/mol. The molecule has 4 N–H and O–H groups in total. The molecule has 1 aromatic heterocycles. The van der Waals surface area contributed by atoms with E-state index in [9.17, 15) is 19.5 Å². The second-order valence-corrected chi connectivity index (χ2v) is 4.38. The van der Waals surface area contributed by atoms with Crippen molar-refractivity contribution in [1.82, 2.24) is 0 Å². The number of ketones is 2. The maximum Gasteiger partial charge on any atom is 0.254 e. The van der Waals surface area contributed by atoms with Crippen LogP contribution in [0.25, 0.3) is 0 Å². The van der Waals surface area contributed by atoms with Gasteiger partial charge < -0.3 is 15.9 Å². The summed E-state index contributed by atoms with van der Waals surface area (Å²) in [7, 11) is 0. The van der Waals surface area contributed by atoms with Crippen molar-refractivity contribution in [2.75, 3.05) is 0 Å². The Morgan fingerprint density at radius 2 is 1.86 bits per heavy atom. The van der Waals surface area contributed by atoms with E-state index in [1.54, 1.807) is 24.5 Å². The highest BCUT2D eigenvalue weighted by molar-refractivity contribution is 6.55. The van der Waals surface area contributed by atoms with Crippen molar-refractivity contribution in [3.05, 3.63) is 51.7 Å². The maximum absolute atomic E-state index is 10.8. The Bertz CT molecular complexity index is 605. The number of allylic oxidation sites excluding steroid dienone is 2. The molecule has 0 radical (unpaired) electrons. The molecule has 110 valence electrons. The molecule has 0 spiro atoms. The molecule has 9 heteroatoms. The van der Waals surface area contributed by atoms with Crippen molar-refractivity contribution in [2.24, 2.45) is 5.73 Å². The molecule has 0 aliphatic heterocycles. The molecule has 2 rings (SSSR count). The van der Waals surface area contributed by atoms with Gasteiger partial charge in [0, 0.05) is 6.07 Å². The van der Waals surface area contributed by atoms with Crippen molar-refractivity contribution in [1.29, 1.82) is 0 Å². The van der Waals surface area contributed by atoms with Crippen LogP contribution in [0.2, 0.25) is 0 Å². The van der Waals surface area contributed by atoms with Crippen LogP contribution in [0.1, 0.15) is 10.4 Å². The number of hydrogen-bond donors (Lipinski definition) is 2. The molecule has 0 saturated carbocycles. The second-order valence-electron chi connectivity index (χ2n) is 3.62. The lowest BCUT2D eigenvalue weighted by Crippen LogP contribution is -2.26. The Kier molecular flexibility index (Phi) is 5.45. The number of primary amides is 1. The summed E-state index contributed by atoms with van der Waals surface area (Å²) in [4.78, 5) is 34.6. The lowest BCUT2D eigenvalue weighted by atomic mass is 10.1. The smallest absolute Gasteiger partial charge is 0.254 e. The molecule has 0 saturated heterocycles. The first-order chi connectivity index (χ1) is 9.77. The normalized spacial score (nSPS) is 14.8. The number of rotatable bonds is 1. The van der Waals surface area contributed by atoms with Gasteiger partial charge in [-0.25, -0.2) is 4.98 Å². The van der Waals surface area contributed by atoms with Crippen LogP contribution < -0.4 is 15.8 Å². The van der Waals surface area contributed by atoms with E-state index in [-0.39, 0.29) is 0 Å². The van der Waals surface area contributed by atoms with E-state index in [0.29, 0.717) is 5.56 Å². The number of halogens is 2. The van der Waals surface area contributed by atoms with Crippen LogP contribution >= 0.6 is 23.2 Å². The molecule has 0 atom stereocenters. The zero-order valence-corrected chi connectivity index (χ0v) is 11.7. The number of carbonyl (C=O) groups excluding carboxylic acids is 3. The number of aromatic amines is 1. The summed E-state index contributed by atoms with van der Waals surface area (Å²) >= 11 is 10.3. The molecule has 1 aliphatic carbocycles. The average molecular weight is 331 g/mol. The van der Waals surface area contributed by atoms with E-state index in [0.717, 1.165) is 0 Å². The van der Waals surface area contributed by atoms with Crippen molar-refractivity contribution in [2.45, 2.75) is 0 Å². The Morgan fingerprint density at radius 3 is 2.29 bits per heavy atom. The lowest BCUT2D eigenvalue weighted by Gasteiger charge is -2.17. The first kappa shape index (κ1) is 16.7. The van der Waals surface area contributed by atoms with E-state index in [4.69, 9.17) is 34.0 Å². The number of H-pyrrole nitrogens is 1. The number of aliphatic hydroxyl groups excluding tert-OH is 1. The molecule has 0 aromatic carbocycles. The highest BCUT2D eigenvalue weighted by Crippen LogP contribution is 2.24. The van der Waals surface area contributed by atoms with Gasteiger partial charge in [-0.3, -0.25) is 14.4 Å². The van der Waals surface area contributed by atoms with Crippen LogP contribution in [0.5, 0.6) is 0 Å². The van der Waals surface area contributed by atoms with E-state index in [2.05, 4.69) is 4.98 Å². The Morgan fingerprint density at radius 1 is 1.24 bits per heavy atom. The van der Waals surface area contributed by atoms with E-state index in [1.807, 2.05) is 0 Å². The number of amides is 1. The van der Waals surface area contributed by atoms with Crippen LogP contribution in [-0.2, 0) is 9.59 Å². The number of nitrogens with one attached hydrogen (secondary N) is 1. The van der Waals surface area contributed by atoms with Crippen molar-refractivity contribution >= 4 is 40.7 Å². The summed E-state index contributed by atoms with van der Waals surface area (Å²) in [6, 6.07) is 3.37. The zero-order chi connectivity index (χ0) is 16.2. The van der Waals surface area contributed by atoms with Gasteiger partial charge in [0.05, 0.1) is 5.03 Å². The second kappa shape index (κ2) is 6.87. The van der Waals surface area contributed by atoms with Crippen LogP contribution in [0.3, 0.4) is 0 Å². The molecule has 1 heterocycles. The van der Waals surface area contributed by atoms with Gasteiger partial charge in [0.25, 0.3) is 5.91 Å². The molecule has 1 aliphatic rings. The Balaban J connectivity index is 0.000000219. The van der Waals surface area contributed by atoms with Gasteiger partial charge in [0.2, 0.25) is 5.78 Å². The maximum atomic E-state index is 10.8. The first-order valence-corrected chi connectivity index (χ1v) is 6.03. The summed E-state index contributed by atoms with van der Waals surface area (Å²) in [5.41, 5.74) is 5.45. The van der Waals surface area contributed by atoms with Crippen molar-refractivity contribution in [3.63, 3.8) is 0 Å². The number of aromatic nitrogens is 1. The van der Waals surface area contributed by atoms with Gasteiger partial charge in [0.1, 0.15) is 10.6 Å². The number of hydrogen-bond acceptors (Lipinski definition) is 5. The van der Waals surface area contributed by atoms with Crippen molar-refractivity contribution < 1.29 is 29.6 Å². The molecule has 1 amide bonds. The van der Waals surface area contributed by atoms with Gasteiger partial charge in [-0.15, -0.1) is 0 Å². The van der Waals surface area contributed by atoms with Crippen LogP contribution in [0.15, 0.2) is 46.1 Å². The quantitative estimate of drug-likeness (QED) is 0.673.